The molecule has 0 fully saturated rings. The number of nitrogens with two attached hydrogens (primary N) is 3. The van der Waals surface area contributed by atoms with E-state index < -0.39 is 107 Å². The molecule has 67 heavy (non-hydrogen) atoms. The van der Waals surface area contributed by atoms with Gasteiger partial charge in [-0.05, 0) is 67.1 Å². The molecule has 2 heterocycles. The summed E-state index contributed by atoms with van der Waals surface area (Å²) in [4.78, 5) is 111. The first kappa shape index (κ1) is 50.2. The van der Waals surface area contributed by atoms with Gasteiger partial charge in [0.15, 0.2) is 5.75 Å². The third-order valence-electron chi connectivity index (χ3n) is 11.1. The molecule has 5 rings (SSSR count). The van der Waals surface area contributed by atoms with Gasteiger partial charge in [0, 0.05) is 59.5 Å². The number of aliphatic carboxylic acids is 1. The number of hydrogen-bond donors (Lipinski definition) is 12. The van der Waals surface area contributed by atoms with Gasteiger partial charge in [-0.3, -0.25) is 38.9 Å². The number of rotatable bonds is 25. The van der Waals surface area contributed by atoms with Crippen molar-refractivity contribution in [2.24, 2.45) is 17.2 Å². The quantitative estimate of drug-likeness (QED) is 0.0216. The van der Waals surface area contributed by atoms with E-state index in [9.17, 15) is 53.9 Å². The van der Waals surface area contributed by atoms with Gasteiger partial charge < -0.3 is 64.0 Å². The number of para-hydroxylation sites is 2. The van der Waals surface area contributed by atoms with Crippen LogP contribution in [-0.2, 0) is 52.8 Å². The summed E-state index contributed by atoms with van der Waals surface area (Å²) < 4.78 is 0. The molecule has 15 N–H and O–H groups in total. The summed E-state index contributed by atoms with van der Waals surface area (Å²) in [5.41, 5.74) is 19.2. The van der Waals surface area contributed by atoms with Crippen molar-refractivity contribution in [3.05, 3.63) is 106 Å². The van der Waals surface area contributed by atoms with Crippen LogP contribution in [0.1, 0.15) is 55.7 Å². The number of aromatic amines is 2. The number of unbranched alkanes of at least 4 members (excludes halogenated alkanes) is 1. The third-order valence-corrected chi connectivity index (χ3v) is 11.1. The van der Waals surface area contributed by atoms with Gasteiger partial charge >= 0.3 is 11.7 Å². The summed E-state index contributed by atoms with van der Waals surface area (Å²) in [7, 11) is 0. The number of nitro groups is 1. The normalized spacial score (nSPS) is 13.9. The fourth-order valence-corrected chi connectivity index (χ4v) is 7.52. The Bertz CT molecular complexity index is 2610. The second-order valence-corrected chi connectivity index (χ2v) is 16.0. The van der Waals surface area contributed by atoms with E-state index in [0.29, 0.717) is 24.0 Å². The fourth-order valence-electron chi connectivity index (χ4n) is 7.52. The number of fused-ring (bicyclic) bond motifs is 2. The number of phenols is 1. The minimum absolute atomic E-state index is 0.0226. The summed E-state index contributed by atoms with van der Waals surface area (Å²) in [6, 6.07) is 9.33. The van der Waals surface area contributed by atoms with Crippen LogP contribution < -0.4 is 43.8 Å². The summed E-state index contributed by atoms with van der Waals surface area (Å²) in [5, 5.41) is 45.8. The van der Waals surface area contributed by atoms with Crippen molar-refractivity contribution in [3.63, 3.8) is 0 Å². The zero-order chi connectivity index (χ0) is 48.8. The van der Waals surface area contributed by atoms with Crippen molar-refractivity contribution in [2.45, 2.75) is 94.5 Å². The Morgan fingerprint density at radius 3 is 1.66 bits per heavy atom. The molecule has 22 heteroatoms. The number of aromatic nitrogens is 2. The first-order valence-electron chi connectivity index (χ1n) is 21.5. The lowest BCUT2D eigenvalue weighted by atomic mass is 10.00. The van der Waals surface area contributed by atoms with Crippen molar-refractivity contribution in [3.8, 4) is 5.75 Å². The number of primary amides is 1. The highest BCUT2D eigenvalue weighted by atomic mass is 16.6. The Morgan fingerprint density at radius 1 is 0.687 bits per heavy atom. The van der Waals surface area contributed by atoms with Crippen LogP contribution in [0, 0.1) is 10.1 Å². The van der Waals surface area contributed by atoms with Gasteiger partial charge in [0.05, 0.1) is 17.4 Å². The molecule has 0 aliphatic rings. The summed E-state index contributed by atoms with van der Waals surface area (Å²) >= 11 is 0. The number of nitro benzene ring substituents is 1. The lowest BCUT2D eigenvalue weighted by molar-refractivity contribution is -0.385. The lowest BCUT2D eigenvalue weighted by Gasteiger charge is -2.27. The van der Waals surface area contributed by atoms with Crippen LogP contribution >= 0.6 is 0 Å². The number of hydrogen-bond acceptors (Lipinski definition) is 12. The van der Waals surface area contributed by atoms with Gasteiger partial charge in [-0.15, -0.1) is 0 Å². The second kappa shape index (κ2) is 23.4. The SMILES string of the molecule is CC[C@H](NC(=O)[C@H](Cc1ccc(O)c([N+](=O)[O-])c1)NC(=O)[C@H](CCCCN)NC(=O)[C@H](Cc1c[nH]c2ccccc12)NC(=O)[C@H](Cc1c[nH]c2ccccc12)NC(=O)[C@@H](N)CC(N)=O)C(=O)O. The molecule has 0 saturated heterocycles. The van der Waals surface area contributed by atoms with E-state index >= 15 is 0 Å². The molecule has 5 aromatic rings. The number of carboxylic acid groups (broad SMARTS) is 1. The molecule has 0 unspecified atom stereocenters. The van der Waals surface area contributed by atoms with E-state index in [-0.39, 0.29) is 37.8 Å². The molecule has 0 saturated carbocycles. The third kappa shape index (κ3) is 13.6. The number of aromatic hydroxyl groups is 1. The largest absolute Gasteiger partial charge is 0.502 e. The van der Waals surface area contributed by atoms with Crippen molar-refractivity contribution in [2.75, 3.05) is 6.54 Å². The minimum Gasteiger partial charge on any atom is -0.502 e. The van der Waals surface area contributed by atoms with Crippen LogP contribution in [0.5, 0.6) is 5.75 Å². The van der Waals surface area contributed by atoms with E-state index in [1.807, 2.05) is 30.3 Å². The molecule has 6 atom stereocenters. The molecule has 0 aliphatic heterocycles. The summed E-state index contributed by atoms with van der Waals surface area (Å²) in [6.07, 6.45) is 2.86. The smallest absolute Gasteiger partial charge is 0.326 e. The summed E-state index contributed by atoms with van der Waals surface area (Å²) in [6.45, 7) is 1.74. The molecule has 22 nitrogen and oxygen atoms in total. The van der Waals surface area contributed by atoms with E-state index in [1.54, 1.807) is 30.6 Å². The number of carbonyl (C=O) groups excluding carboxylic acids is 6. The Balaban J connectivity index is 1.48. The van der Waals surface area contributed by atoms with Gasteiger partial charge in [0.1, 0.15) is 30.2 Å². The molecule has 0 radical (unpaired) electrons. The zero-order valence-corrected chi connectivity index (χ0v) is 36.6. The maximum absolute atomic E-state index is 14.6. The van der Waals surface area contributed by atoms with Gasteiger partial charge in [-0.25, -0.2) is 4.79 Å². The lowest BCUT2D eigenvalue weighted by Crippen LogP contribution is -2.60. The molecule has 0 aliphatic carbocycles. The number of phenolic OH excluding ortho intramolecular Hbond substituents is 1. The van der Waals surface area contributed by atoms with Crippen molar-refractivity contribution >= 4 is 68.9 Å². The number of carboxylic acids is 1. The molecule has 6 amide bonds. The van der Waals surface area contributed by atoms with Crippen LogP contribution in [-0.4, -0.2) is 109 Å². The molecular weight excluding hydrogens is 871 g/mol. The predicted octanol–water partition coefficient (Wildman–Crippen LogP) is 0.541. The molecule has 0 bridgehead atoms. The zero-order valence-electron chi connectivity index (χ0n) is 36.6. The Hall–Kier alpha value is -7.85. The highest BCUT2D eigenvalue weighted by Gasteiger charge is 2.34. The molecule has 2 aromatic heterocycles. The highest BCUT2D eigenvalue weighted by Crippen LogP contribution is 2.27. The molecule has 3 aromatic carbocycles. The molecule has 0 spiro atoms. The van der Waals surface area contributed by atoms with E-state index in [4.69, 9.17) is 17.2 Å². The predicted molar refractivity (Wildman–Crippen MR) is 245 cm³/mol. The molecule has 356 valence electrons. The van der Waals surface area contributed by atoms with Crippen molar-refractivity contribution in [1.82, 2.24) is 36.6 Å². The topological polar surface area (TPSA) is 373 Å². The van der Waals surface area contributed by atoms with E-state index in [2.05, 4.69) is 36.6 Å². The van der Waals surface area contributed by atoms with Gasteiger partial charge in [-0.2, -0.15) is 0 Å². The van der Waals surface area contributed by atoms with E-state index in [1.165, 1.54) is 13.0 Å². The molecular formula is C45H55N11O11. The van der Waals surface area contributed by atoms with Gasteiger partial charge in [-0.1, -0.05) is 49.4 Å². The maximum atomic E-state index is 14.6. The first-order valence-corrected chi connectivity index (χ1v) is 21.5. The van der Waals surface area contributed by atoms with Gasteiger partial charge in [0.25, 0.3) is 0 Å². The van der Waals surface area contributed by atoms with Crippen LogP contribution in [0.15, 0.2) is 79.1 Å². The number of H-pyrrole nitrogens is 2. The fraction of sp³-hybridized carbons (Fsp3) is 0.356. The minimum atomic E-state index is -1.55. The Kier molecular flexibility index (Phi) is 17.5. The number of benzene rings is 3. The van der Waals surface area contributed by atoms with E-state index in [0.717, 1.165) is 33.9 Å². The average molecular weight is 926 g/mol. The highest BCUT2D eigenvalue weighted by molar-refractivity contribution is 5.98. The standard InChI is InChI=1S/C45H55N11O11/c1-2-30(45(64)65)51-42(61)34(17-24-14-15-38(57)37(18-24)56(66)67)54-41(60)33(13-7-8-16-46)52-43(62)36(20-26-23-50-32-12-6-4-10-28(26)32)55-44(63)35(53-40(59)29(47)21-39(48)58)19-25-22-49-31-11-5-3-9-27(25)31/h3-6,9-12,14-15,18,22-23,29-30,33-36,49-50,57H,2,7-8,13,16-17,19-21,46-47H2,1H3,(H2,48,58)(H,51,61)(H,52,62)(H,53,59)(H,54,60)(H,55,63)(H,64,65)/t29-,30-,33-,34-,35-,36-/m0/s1. The van der Waals surface area contributed by atoms with Crippen LogP contribution in [0.2, 0.25) is 0 Å². The second-order valence-electron chi connectivity index (χ2n) is 16.0. The van der Waals surface area contributed by atoms with Crippen molar-refractivity contribution in [1.29, 1.82) is 0 Å². The first-order chi connectivity index (χ1) is 32.0. The maximum Gasteiger partial charge on any atom is 0.326 e. The van der Waals surface area contributed by atoms with Crippen LogP contribution in [0.4, 0.5) is 5.69 Å². The van der Waals surface area contributed by atoms with Crippen LogP contribution in [0.25, 0.3) is 21.8 Å². The number of nitrogens with one attached hydrogen (secondary N) is 7. The Labute approximate surface area is 383 Å². The number of carbonyl (C=O) groups is 7. The Morgan fingerprint density at radius 2 is 1.16 bits per heavy atom. The number of nitrogens with zero attached hydrogens (tertiary/aromatic N) is 1. The van der Waals surface area contributed by atoms with Gasteiger partial charge in [0.2, 0.25) is 35.4 Å². The monoisotopic (exact) mass is 925 g/mol. The van der Waals surface area contributed by atoms with Crippen LogP contribution in [0.3, 0.4) is 0 Å². The van der Waals surface area contributed by atoms with Crippen molar-refractivity contribution < 1.29 is 48.7 Å². The number of amides is 6. The summed E-state index contributed by atoms with van der Waals surface area (Å²) in [5.74, 6) is -7.22. The average Bonchev–Trinajstić information content (AvgIpc) is 3.90.